The molecule has 2 aliphatic heterocycles. The number of likely N-dealkylation sites (tertiary alicyclic amines) is 1. The Labute approximate surface area is 131 Å². The van der Waals surface area contributed by atoms with Crippen molar-refractivity contribution in [1.82, 2.24) is 14.2 Å². The summed E-state index contributed by atoms with van der Waals surface area (Å²) in [6.45, 7) is 1.71. The van der Waals surface area contributed by atoms with Crippen LogP contribution in [0.1, 0.15) is 37.4 Å². The molecule has 1 unspecified atom stereocenters. The van der Waals surface area contributed by atoms with Gasteiger partial charge < -0.3 is 9.88 Å². The van der Waals surface area contributed by atoms with Gasteiger partial charge in [-0.2, -0.15) is 0 Å². The molecule has 1 aromatic rings. The van der Waals surface area contributed by atoms with Crippen LogP contribution in [0.3, 0.4) is 0 Å². The fraction of sp³-hybridized carbons (Fsp3) is 0.667. The molecule has 7 heteroatoms. The maximum absolute atomic E-state index is 12.8. The molecule has 0 bridgehead atoms. The van der Waals surface area contributed by atoms with Crippen molar-refractivity contribution in [2.24, 2.45) is 5.92 Å². The zero-order valence-electron chi connectivity index (χ0n) is 12.9. The zero-order chi connectivity index (χ0) is 15.7. The van der Waals surface area contributed by atoms with Gasteiger partial charge in [-0.3, -0.25) is 4.79 Å². The lowest BCUT2D eigenvalue weighted by Crippen LogP contribution is -2.44. The van der Waals surface area contributed by atoms with Crippen LogP contribution in [0.15, 0.2) is 18.3 Å². The molecule has 122 valence electrons. The van der Waals surface area contributed by atoms with E-state index in [1.807, 2.05) is 23.2 Å². The number of carbonyl (C=O) groups is 1. The van der Waals surface area contributed by atoms with Gasteiger partial charge in [0, 0.05) is 37.4 Å². The van der Waals surface area contributed by atoms with Crippen molar-refractivity contribution >= 4 is 15.9 Å². The normalized spacial score (nSPS) is 24.8. The van der Waals surface area contributed by atoms with E-state index in [1.165, 1.54) is 10.6 Å². The van der Waals surface area contributed by atoms with Crippen molar-refractivity contribution in [1.29, 1.82) is 0 Å². The lowest BCUT2D eigenvalue weighted by atomic mass is 9.96. The average Bonchev–Trinajstić information content (AvgIpc) is 3.16. The number of H-pyrrole nitrogens is 1. The molecule has 6 nitrogen and oxygen atoms in total. The van der Waals surface area contributed by atoms with Gasteiger partial charge in [0.05, 0.1) is 12.3 Å². The van der Waals surface area contributed by atoms with Gasteiger partial charge in [0.2, 0.25) is 15.9 Å². The van der Waals surface area contributed by atoms with Crippen LogP contribution in [0.2, 0.25) is 0 Å². The Morgan fingerprint density at radius 2 is 1.95 bits per heavy atom. The first-order chi connectivity index (χ1) is 10.5. The van der Waals surface area contributed by atoms with Crippen molar-refractivity contribution in [2.45, 2.75) is 31.7 Å². The smallest absolute Gasteiger partial charge is 0.226 e. The Bertz CT molecular complexity index is 618. The Morgan fingerprint density at radius 3 is 2.55 bits per heavy atom. The highest BCUT2D eigenvalue weighted by atomic mass is 32.2. The van der Waals surface area contributed by atoms with Crippen LogP contribution in [0.5, 0.6) is 0 Å². The second kappa shape index (κ2) is 6.04. The highest BCUT2D eigenvalue weighted by Gasteiger charge is 2.36. The monoisotopic (exact) mass is 325 g/mol. The molecule has 3 heterocycles. The summed E-state index contributed by atoms with van der Waals surface area (Å²) < 4.78 is 24.6. The van der Waals surface area contributed by atoms with Crippen molar-refractivity contribution in [3.8, 4) is 0 Å². The predicted octanol–water partition coefficient (Wildman–Crippen LogP) is 1.35. The largest absolute Gasteiger partial charge is 0.363 e. The quantitative estimate of drug-likeness (QED) is 0.911. The van der Waals surface area contributed by atoms with Gasteiger partial charge in [0.25, 0.3) is 0 Å². The lowest BCUT2D eigenvalue weighted by molar-refractivity contribution is -0.137. The van der Waals surface area contributed by atoms with E-state index < -0.39 is 10.0 Å². The van der Waals surface area contributed by atoms with E-state index in [4.69, 9.17) is 0 Å². The number of nitrogens with one attached hydrogen (secondary N) is 1. The zero-order valence-corrected chi connectivity index (χ0v) is 13.7. The summed E-state index contributed by atoms with van der Waals surface area (Å²) in [5.74, 6) is 0.138. The molecule has 1 aromatic heterocycles. The fourth-order valence-corrected chi connectivity index (χ4v) is 4.45. The fourth-order valence-electron chi connectivity index (χ4n) is 3.57. The Balaban J connectivity index is 1.65. The number of piperidine rings is 1. The number of carbonyl (C=O) groups excluding carboxylic acids is 1. The van der Waals surface area contributed by atoms with Crippen molar-refractivity contribution < 1.29 is 13.2 Å². The number of sulfonamides is 1. The number of amides is 1. The molecule has 0 spiro atoms. The molecule has 0 saturated carbocycles. The molecule has 0 radical (unpaired) electrons. The Kier molecular flexibility index (Phi) is 4.27. The van der Waals surface area contributed by atoms with Crippen LogP contribution >= 0.6 is 0 Å². The molecular formula is C15H23N3O3S. The molecule has 2 fully saturated rings. The molecule has 0 aliphatic carbocycles. The van der Waals surface area contributed by atoms with Crippen LogP contribution in [-0.4, -0.2) is 54.4 Å². The third kappa shape index (κ3) is 3.05. The van der Waals surface area contributed by atoms with Crippen LogP contribution in [0.25, 0.3) is 0 Å². The number of hydrogen-bond donors (Lipinski definition) is 1. The molecule has 22 heavy (non-hydrogen) atoms. The third-order valence-corrected chi connectivity index (χ3v) is 6.09. The SMILES string of the molecule is CS(=O)(=O)N1CCC(C(=O)N2CCCC2c2ccc[nH]2)CC1. The van der Waals surface area contributed by atoms with E-state index in [1.54, 1.807) is 0 Å². The van der Waals surface area contributed by atoms with E-state index in [2.05, 4.69) is 4.98 Å². The van der Waals surface area contributed by atoms with Crippen molar-refractivity contribution in [2.75, 3.05) is 25.9 Å². The molecule has 1 amide bonds. The van der Waals surface area contributed by atoms with E-state index in [-0.39, 0.29) is 17.9 Å². The average molecular weight is 325 g/mol. The topological polar surface area (TPSA) is 73.5 Å². The summed E-state index contributed by atoms with van der Waals surface area (Å²) in [6, 6.07) is 4.14. The van der Waals surface area contributed by atoms with E-state index >= 15 is 0 Å². The van der Waals surface area contributed by atoms with Gasteiger partial charge in [-0.05, 0) is 37.8 Å². The lowest BCUT2D eigenvalue weighted by Gasteiger charge is -2.33. The van der Waals surface area contributed by atoms with Crippen LogP contribution < -0.4 is 0 Å². The highest BCUT2D eigenvalue weighted by Crippen LogP contribution is 2.34. The van der Waals surface area contributed by atoms with Gasteiger partial charge in [-0.15, -0.1) is 0 Å². The number of nitrogens with zero attached hydrogens (tertiary/aromatic N) is 2. The number of aromatic amines is 1. The summed E-state index contributed by atoms with van der Waals surface area (Å²) >= 11 is 0. The van der Waals surface area contributed by atoms with Gasteiger partial charge in [0.15, 0.2) is 0 Å². The minimum Gasteiger partial charge on any atom is -0.363 e. The predicted molar refractivity (Wildman–Crippen MR) is 83.6 cm³/mol. The van der Waals surface area contributed by atoms with Gasteiger partial charge in [0.1, 0.15) is 0 Å². The Hall–Kier alpha value is -1.34. The second-order valence-corrected chi connectivity index (χ2v) is 8.23. The van der Waals surface area contributed by atoms with E-state index in [0.717, 1.165) is 25.1 Å². The molecule has 0 aromatic carbocycles. The molecular weight excluding hydrogens is 302 g/mol. The standard InChI is InChI=1S/C15H23N3O3S/c1-22(20,21)17-10-6-12(7-11-17)15(19)18-9-3-5-14(18)13-4-2-8-16-13/h2,4,8,12,14,16H,3,5-7,9-11H2,1H3. The maximum atomic E-state index is 12.8. The highest BCUT2D eigenvalue weighted by molar-refractivity contribution is 7.88. The second-order valence-electron chi connectivity index (χ2n) is 6.25. The number of aromatic nitrogens is 1. The third-order valence-electron chi connectivity index (χ3n) is 4.79. The summed E-state index contributed by atoms with van der Waals surface area (Å²) in [5.41, 5.74) is 1.10. The molecule has 2 aliphatic rings. The minimum atomic E-state index is -3.14. The maximum Gasteiger partial charge on any atom is 0.226 e. The molecule has 1 atom stereocenters. The van der Waals surface area contributed by atoms with Crippen molar-refractivity contribution in [3.05, 3.63) is 24.0 Å². The van der Waals surface area contributed by atoms with Crippen LogP contribution in [-0.2, 0) is 14.8 Å². The minimum absolute atomic E-state index is 0.0476. The van der Waals surface area contributed by atoms with Crippen molar-refractivity contribution in [3.63, 3.8) is 0 Å². The van der Waals surface area contributed by atoms with E-state index in [9.17, 15) is 13.2 Å². The summed E-state index contributed by atoms with van der Waals surface area (Å²) in [4.78, 5) is 18.0. The Morgan fingerprint density at radius 1 is 1.23 bits per heavy atom. The molecule has 2 saturated heterocycles. The molecule has 1 N–H and O–H groups in total. The summed E-state index contributed by atoms with van der Waals surface area (Å²) in [5, 5.41) is 0. The summed E-state index contributed by atoms with van der Waals surface area (Å²) in [6.07, 6.45) is 6.39. The van der Waals surface area contributed by atoms with Gasteiger partial charge in [-0.25, -0.2) is 12.7 Å². The van der Waals surface area contributed by atoms with Gasteiger partial charge >= 0.3 is 0 Å². The first-order valence-electron chi connectivity index (χ1n) is 7.85. The molecule has 3 rings (SSSR count). The van der Waals surface area contributed by atoms with Gasteiger partial charge in [-0.1, -0.05) is 0 Å². The van der Waals surface area contributed by atoms with Crippen LogP contribution in [0.4, 0.5) is 0 Å². The van der Waals surface area contributed by atoms with Crippen LogP contribution in [0, 0.1) is 5.92 Å². The first-order valence-corrected chi connectivity index (χ1v) is 9.70. The number of hydrogen-bond acceptors (Lipinski definition) is 3. The summed E-state index contributed by atoms with van der Waals surface area (Å²) in [7, 11) is -3.14. The van der Waals surface area contributed by atoms with E-state index in [0.29, 0.717) is 25.9 Å². The first kappa shape index (κ1) is 15.6. The number of rotatable bonds is 3.